The highest BCUT2D eigenvalue weighted by atomic mass is 35.5. The standard InChI is InChI=1S/C21H27N3O2.ClH/c1-14(2)11-20(25)24-19-10-9-17(12-15(19)3)21(26)23-13-18(22)16-7-5-4-6-8-16;/h4-10,12,14,18H,11,13,22H2,1-3H3,(H,23,26)(H,24,25);1H. The fraction of sp³-hybridized carbons (Fsp3) is 0.333. The summed E-state index contributed by atoms with van der Waals surface area (Å²) in [5, 5.41) is 5.75. The maximum Gasteiger partial charge on any atom is 0.251 e. The van der Waals surface area contributed by atoms with E-state index in [2.05, 4.69) is 10.6 Å². The number of anilines is 1. The van der Waals surface area contributed by atoms with Crippen LogP contribution in [0.2, 0.25) is 0 Å². The van der Waals surface area contributed by atoms with Gasteiger partial charge in [-0.05, 0) is 42.2 Å². The van der Waals surface area contributed by atoms with Crippen LogP contribution in [0.1, 0.15) is 47.8 Å². The molecule has 2 aromatic carbocycles. The van der Waals surface area contributed by atoms with Crippen molar-refractivity contribution >= 4 is 29.9 Å². The molecule has 146 valence electrons. The van der Waals surface area contributed by atoms with E-state index in [1.54, 1.807) is 18.2 Å². The van der Waals surface area contributed by atoms with Gasteiger partial charge in [-0.3, -0.25) is 9.59 Å². The Morgan fingerprint density at radius 3 is 2.33 bits per heavy atom. The van der Waals surface area contributed by atoms with Crippen LogP contribution in [0.15, 0.2) is 48.5 Å². The van der Waals surface area contributed by atoms with E-state index in [0.717, 1.165) is 16.8 Å². The molecule has 0 saturated carbocycles. The first kappa shape index (κ1) is 22.7. The maximum absolute atomic E-state index is 12.4. The number of rotatable bonds is 7. The number of benzene rings is 2. The van der Waals surface area contributed by atoms with Crippen LogP contribution in [-0.2, 0) is 4.79 Å². The topological polar surface area (TPSA) is 84.2 Å². The zero-order chi connectivity index (χ0) is 19.1. The lowest BCUT2D eigenvalue weighted by atomic mass is 10.1. The number of nitrogens with two attached hydrogens (primary N) is 1. The van der Waals surface area contributed by atoms with Crippen molar-refractivity contribution in [1.29, 1.82) is 0 Å². The third kappa shape index (κ3) is 7.04. The Balaban J connectivity index is 0.00000364. The fourth-order valence-electron chi connectivity index (χ4n) is 2.64. The van der Waals surface area contributed by atoms with Crippen LogP contribution in [-0.4, -0.2) is 18.4 Å². The number of amides is 2. The summed E-state index contributed by atoms with van der Waals surface area (Å²) in [6, 6.07) is 14.6. The summed E-state index contributed by atoms with van der Waals surface area (Å²) in [4.78, 5) is 24.3. The van der Waals surface area contributed by atoms with Crippen molar-refractivity contribution in [3.8, 4) is 0 Å². The summed E-state index contributed by atoms with van der Waals surface area (Å²) in [5.74, 6) is 0.0999. The summed E-state index contributed by atoms with van der Waals surface area (Å²) in [6.45, 7) is 6.23. The average molecular weight is 390 g/mol. The molecule has 6 heteroatoms. The molecule has 0 bridgehead atoms. The lowest BCUT2D eigenvalue weighted by Gasteiger charge is -2.14. The van der Waals surface area contributed by atoms with Crippen LogP contribution in [0.4, 0.5) is 5.69 Å². The molecular formula is C21H28ClN3O2. The highest BCUT2D eigenvalue weighted by molar-refractivity contribution is 5.96. The second kappa shape index (κ2) is 10.7. The Hall–Kier alpha value is -2.37. The van der Waals surface area contributed by atoms with Crippen molar-refractivity contribution in [2.24, 2.45) is 11.7 Å². The Bertz CT molecular complexity index is 763. The van der Waals surface area contributed by atoms with E-state index in [1.807, 2.05) is 51.1 Å². The van der Waals surface area contributed by atoms with Gasteiger partial charge in [0.15, 0.2) is 0 Å². The Labute approximate surface area is 167 Å². The van der Waals surface area contributed by atoms with E-state index in [1.165, 1.54) is 0 Å². The predicted molar refractivity (Wildman–Crippen MR) is 112 cm³/mol. The molecule has 0 fully saturated rings. The average Bonchev–Trinajstić information content (AvgIpc) is 2.61. The largest absolute Gasteiger partial charge is 0.350 e. The van der Waals surface area contributed by atoms with Gasteiger partial charge in [-0.15, -0.1) is 12.4 Å². The number of hydrogen-bond acceptors (Lipinski definition) is 3. The maximum atomic E-state index is 12.4. The summed E-state index contributed by atoms with van der Waals surface area (Å²) in [5.41, 5.74) is 9.21. The molecule has 2 amide bonds. The molecule has 0 saturated heterocycles. The lowest BCUT2D eigenvalue weighted by Crippen LogP contribution is -2.31. The van der Waals surface area contributed by atoms with E-state index in [4.69, 9.17) is 5.73 Å². The van der Waals surface area contributed by atoms with Gasteiger partial charge in [-0.1, -0.05) is 44.2 Å². The monoisotopic (exact) mass is 389 g/mol. The Morgan fingerprint density at radius 1 is 1.07 bits per heavy atom. The number of carbonyl (C=O) groups is 2. The van der Waals surface area contributed by atoms with Crippen molar-refractivity contribution < 1.29 is 9.59 Å². The van der Waals surface area contributed by atoms with Gasteiger partial charge in [0.05, 0.1) is 0 Å². The van der Waals surface area contributed by atoms with Crippen LogP contribution in [0.3, 0.4) is 0 Å². The van der Waals surface area contributed by atoms with Gasteiger partial charge < -0.3 is 16.4 Å². The highest BCUT2D eigenvalue weighted by Gasteiger charge is 2.12. The Morgan fingerprint density at radius 2 is 1.74 bits per heavy atom. The van der Waals surface area contributed by atoms with Crippen LogP contribution in [0.5, 0.6) is 0 Å². The molecule has 4 N–H and O–H groups in total. The van der Waals surface area contributed by atoms with Crippen LogP contribution in [0.25, 0.3) is 0 Å². The molecule has 0 aliphatic heterocycles. The number of nitrogens with one attached hydrogen (secondary N) is 2. The molecule has 2 rings (SSSR count). The van der Waals surface area contributed by atoms with Crippen LogP contribution >= 0.6 is 12.4 Å². The summed E-state index contributed by atoms with van der Waals surface area (Å²) < 4.78 is 0. The first-order valence-electron chi connectivity index (χ1n) is 8.86. The van der Waals surface area contributed by atoms with Crippen LogP contribution < -0.4 is 16.4 Å². The molecule has 0 aliphatic rings. The van der Waals surface area contributed by atoms with Crippen molar-refractivity contribution in [2.75, 3.05) is 11.9 Å². The van der Waals surface area contributed by atoms with E-state index in [0.29, 0.717) is 24.4 Å². The molecule has 0 aromatic heterocycles. The molecule has 0 heterocycles. The van der Waals surface area contributed by atoms with E-state index in [-0.39, 0.29) is 30.3 Å². The molecule has 27 heavy (non-hydrogen) atoms. The van der Waals surface area contributed by atoms with Gasteiger partial charge in [0.25, 0.3) is 5.91 Å². The molecule has 5 nitrogen and oxygen atoms in total. The van der Waals surface area contributed by atoms with Crippen molar-refractivity contribution in [1.82, 2.24) is 5.32 Å². The minimum Gasteiger partial charge on any atom is -0.350 e. The first-order chi connectivity index (χ1) is 12.4. The molecule has 0 spiro atoms. The number of halogens is 1. The minimum absolute atomic E-state index is 0. The van der Waals surface area contributed by atoms with Gasteiger partial charge in [-0.2, -0.15) is 0 Å². The summed E-state index contributed by atoms with van der Waals surface area (Å²) >= 11 is 0. The molecule has 1 unspecified atom stereocenters. The quantitative estimate of drug-likeness (QED) is 0.672. The highest BCUT2D eigenvalue weighted by Crippen LogP contribution is 2.18. The van der Waals surface area contributed by atoms with E-state index in [9.17, 15) is 9.59 Å². The SMILES string of the molecule is Cc1cc(C(=O)NCC(N)c2ccccc2)ccc1NC(=O)CC(C)C.Cl. The zero-order valence-electron chi connectivity index (χ0n) is 16.0. The van der Waals surface area contributed by atoms with Gasteiger partial charge in [0.1, 0.15) is 0 Å². The van der Waals surface area contributed by atoms with Gasteiger partial charge >= 0.3 is 0 Å². The number of aryl methyl sites for hydroxylation is 1. The zero-order valence-corrected chi connectivity index (χ0v) is 16.8. The van der Waals surface area contributed by atoms with Gasteiger partial charge in [0.2, 0.25) is 5.91 Å². The number of carbonyl (C=O) groups excluding carboxylic acids is 2. The van der Waals surface area contributed by atoms with Gasteiger partial charge in [0, 0.05) is 30.3 Å². The van der Waals surface area contributed by atoms with E-state index < -0.39 is 0 Å². The molecule has 2 aromatic rings. The summed E-state index contributed by atoms with van der Waals surface area (Å²) in [6.07, 6.45) is 0.471. The smallest absolute Gasteiger partial charge is 0.251 e. The normalized spacial score (nSPS) is 11.4. The lowest BCUT2D eigenvalue weighted by molar-refractivity contribution is -0.116. The third-order valence-corrected chi connectivity index (χ3v) is 4.07. The molecule has 1 atom stereocenters. The van der Waals surface area contributed by atoms with Crippen LogP contribution in [0, 0.1) is 12.8 Å². The van der Waals surface area contributed by atoms with E-state index >= 15 is 0 Å². The molecule has 0 aliphatic carbocycles. The molecular weight excluding hydrogens is 362 g/mol. The van der Waals surface area contributed by atoms with Crippen molar-refractivity contribution in [2.45, 2.75) is 33.2 Å². The van der Waals surface area contributed by atoms with Crippen molar-refractivity contribution in [3.63, 3.8) is 0 Å². The minimum atomic E-state index is -0.254. The predicted octanol–water partition coefficient (Wildman–Crippen LogP) is 3.83. The van der Waals surface area contributed by atoms with Crippen molar-refractivity contribution in [3.05, 3.63) is 65.2 Å². The third-order valence-electron chi connectivity index (χ3n) is 4.07. The second-order valence-electron chi connectivity index (χ2n) is 6.90. The Kier molecular flexibility index (Phi) is 8.98. The first-order valence-corrected chi connectivity index (χ1v) is 8.86. The summed E-state index contributed by atoms with van der Waals surface area (Å²) in [7, 11) is 0. The van der Waals surface area contributed by atoms with Gasteiger partial charge in [-0.25, -0.2) is 0 Å². The second-order valence-corrected chi connectivity index (χ2v) is 6.90. The molecule has 0 radical (unpaired) electrons. The fourth-order valence-corrected chi connectivity index (χ4v) is 2.64. The number of hydrogen-bond donors (Lipinski definition) is 3.